The molecule has 182 valence electrons. The second kappa shape index (κ2) is 9.18. The summed E-state index contributed by atoms with van der Waals surface area (Å²) >= 11 is 0. The molecule has 4 heterocycles. The minimum absolute atomic E-state index is 0.0271. The van der Waals surface area contributed by atoms with E-state index >= 15 is 0 Å². The van der Waals surface area contributed by atoms with Crippen LogP contribution in [-0.4, -0.2) is 71.2 Å². The predicted molar refractivity (Wildman–Crippen MR) is 130 cm³/mol. The van der Waals surface area contributed by atoms with Crippen LogP contribution in [0.4, 0.5) is 11.5 Å². The van der Waals surface area contributed by atoms with Gasteiger partial charge < -0.3 is 15.5 Å². The lowest BCUT2D eigenvalue weighted by Crippen LogP contribution is -2.32. The Morgan fingerprint density at radius 2 is 2.18 bits per heavy atom. The maximum Gasteiger partial charge on any atom is 0.274 e. The first-order valence-corrected chi connectivity index (χ1v) is 13.0. The summed E-state index contributed by atoms with van der Waals surface area (Å²) < 4.78 is 27.6. The Bertz CT molecular complexity index is 1320. The number of aromatic nitrogens is 4. The second-order valence-electron chi connectivity index (χ2n) is 8.73. The van der Waals surface area contributed by atoms with Crippen LogP contribution in [0, 0.1) is 6.92 Å². The lowest BCUT2D eigenvalue weighted by molar-refractivity contribution is 0.0717. The molecule has 1 aliphatic rings. The normalized spacial score (nSPS) is 17.2. The van der Waals surface area contributed by atoms with Crippen molar-refractivity contribution >= 4 is 33.1 Å². The van der Waals surface area contributed by atoms with E-state index in [-0.39, 0.29) is 23.5 Å². The Kier molecular flexibility index (Phi) is 6.45. The fraction of sp³-hybridized carbons (Fsp3) is 0.455. The average Bonchev–Trinajstić information content (AvgIpc) is 3.38. The third-order valence-electron chi connectivity index (χ3n) is 5.97. The first-order chi connectivity index (χ1) is 16.1. The molecule has 3 aromatic rings. The van der Waals surface area contributed by atoms with Crippen LogP contribution in [-0.2, 0) is 10.0 Å². The molecule has 1 amide bonds. The number of amides is 1. The van der Waals surface area contributed by atoms with Gasteiger partial charge in [-0.05, 0) is 31.9 Å². The third-order valence-corrected chi connectivity index (χ3v) is 6.56. The minimum Gasteiger partial charge on any atom is -0.355 e. The Hall–Kier alpha value is -3.25. The van der Waals surface area contributed by atoms with Gasteiger partial charge in [-0.15, -0.1) is 0 Å². The average molecular weight is 487 g/mol. The fourth-order valence-corrected chi connectivity index (χ4v) is 4.89. The molecule has 3 N–H and O–H groups in total. The number of nitrogens with zero attached hydrogens (tertiary/aromatic N) is 6. The van der Waals surface area contributed by atoms with Gasteiger partial charge in [-0.3, -0.25) is 9.52 Å². The molecule has 1 fully saturated rings. The molecule has 1 aliphatic heterocycles. The Morgan fingerprint density at radius 3 is 2.82 bits per heavy atom. The summed E-state index contributed by atoms with van der Waals surface area (Å²) in [5, 5.41) is 4.69. The van der Waals surface area contributed by atoms with Gasteiger partial charge in [-0.25, -0.2) is 22.9 Å². The molecule has 12 heteroatoms. The molecule has 0 bridgehead atoms. The Labute approximate surface area is 199 Å². The van der Waals surface area contributed by atoms with Gasteiger partial charge in [0.15, 0.2) is 11.3 Å². The smallest absolute Gasteiger partial charge is 0.274 e. The van der Waals surface area contributed by atoms with Gasteiger partial charge in [-0.2, -0.15) is 5.10 Å². The molecule has 2 atom stereocenters. The van der Waals surface area contributed by atoms with E-state index in [0.29, 0.717) is 17.8 Å². The molecule has 0 saturated carbocycles. The van der Waals surface area contributed by atoms with Crippen LogP contribution in [0.5, 0.6) is 0 Å². The van der Waals surface area contributed by atoms with E-state index in [0.717, 1.165) is 37.1 Å². The third kappa shape index (κ3) is 4.82. The highest BCUT2D eigenvalue weighted by Crippen LogP contribution is 2.28. The summed E-state index contributed by atoms with van der Waals surface area (Å²) in [5.74, 6) is 0.487. The molecular weight excluding hydrogens is 456 g/mol. The lowest BCUT2D eigenvalue weighted by Gasteiger charge is -2.26. The maximum absolute atomic E-state index is 13.3. The molecule has 0 radical (unpaired) electrons. The van der Waals surface area contributed by atoms with E-state index < -0.39 is 15.9 Å². The van der Waals surface area contributed by atoms with E-state index in [9.17, 15) is 13.2 Å². The first-order valence-electron chi connectivity index (χ1n) is 11.1. The summed E-state index contributed by atoms with van der Waals surface area (Å²) in [4.78, 5) is 26.0. The zero-order chi connectivity index (χ0) is 24.6. The highest BCUT2D eigenvalue weighted by atomic mass is 32.2. The molecule has 11 nitrogen and oxygen atoms in total. The standard InChI is InChI=1S/C22H30N8O3S/c1-5-18(28(3)22(31)20-16(7-6-9-24-20)27-34(4,32)33)17-11-19-25-21(14(2)12-30(19)26-17)29-10-8-15(23)13-29/h6-7,9,11-12,15,18,27H,5,8,10,13,23H2,1-4H3/t15-,18-/m0/s1. The van der Waals surface area contributed by atoms with Gasteiger partial charge in [0.1, 0.15) is 5.82 Å². The quantitative estimate of drug-likeness (QED) is 0.513. The summed E-state index contributed by atoms with van der Waals surface area (Å²) in [7, 11) is -1.91. The number of sulfonamides is 1. The molecule has 0 unspecified atom stereocenters. The number of nitrogens with two attached hydrogens (primary N) is 1. The summed E-state index contributed by atoms with van der Waals surface area (Å²) in [6, 6.07) is 4.76. The summed E-state index contributed by atoms with van der Waals surface area (Å²) in [6.45, 7) is 5.60. The first kappa shape index (κ1) is 23.9. The van der Waals surface area contributed by atoms with Gasteiger partial charge in [-0.1, -0.05) is 6.92 Å². The number of pyridine rings is 1. The van der Waals surface area contributed by atoms with E-state index in [1.165, 1.54) is 17.2 Å². The number of fused-ring (bicyclic) bond motifs is 1. The summed E-state index contributed by atoms with van der Waals surface area (Å²) in [5.41, 5.74) is 8.61. The van der Waals surface area contributed by atoms with Crippen molar-refractivity contribution in [2.75, 3.05) is 36.0 Å². The van der Waals surface area contributed by atoms with Crippen LogP contribution in [0.3, 0.4) is 0 Å². The van der Waals surface area contributed by atoms with Crippen molar-refractivity contribution in [1.82, 2.24) is 24.5 Å². The second-order valence-corrected chi connectivity index (χ2v) is 10.5. The van der Waals surface area contributed by atoms with Crippen LogP contribution in [0.15, 0.2) is 30.6 Å². The van der Waals surface area contributed by atoms with E-state index in [1.807, 2.05) is 26.1 Å². The van der Waals surface area contributed by atoms with Crippen molar-refractivity contribution in [2.24, 2.45) is 5.73 Å². The van der Waals surface area contributed by atoms with Gasteiger partial charge in [0.2, 0.25) is 10.0 Å². The number of anilines is 2. The zero-order valence-electron chi connectivity index (χ0n) is 19.8. The van der Waals surface area contributed by atoms with Crippen molar-refractivity contribution < 1.29 is 13.2 Å². The number of hydrogen-bond donors (Lipinski definition) is 2. The highest BCUT2D eigenvalue weighted by molar-refractivity contribution is 7.92. The van der Waals surface area contributed by atoms with Gasteiger partial charge >= 0.3 is 0 Å². The van der Waals surface area contributed by atoms with Crippen molar-refractivity contribution in [3.8, 4) is 0 Å². The molecule has 4 rings (SSSR count). The van der Waals surface area contributed by atoms with Crippen LogP contribution >= 0.6 is 0 Å². The number of nitrogens with one attached hydrogen (secondary N) is 1. The van der Waals surface area contributed by atoms with Gasteiger partial charge in [0.25, 0.3) is 5.91 Å². The number of carbonyl (C=O) groups excluding carboxylic acids is 1. The molecule has 0 aromatic carbocycles. The number of aryl methyl sites for hydroxylation is 1. The van der Waals surface area contributed by atoms with Crippen molar-refractivity contribution in [2.45, 2.75) is 38.8 Å². The highest BCUT2D eigenvalue weighted by Gasteiger charge is 2.28. The zero-order valence-corrected chi connectivity index (χ0v) is 20.6. The van der Waals surface area contributed by atoms with E-state index in [1.54, 1.807) is 17.6 Å². The lowest BCUT2D eigenvalue weighted by atomic mass is 10.1. The molecule has 34 heavy (non-hydrogen) atoms. The number of hydrogen-bond acceptors (Lipinski definition) is 8. The molecule has 3 aromatic heterocycles. The Balaban J connectivity index is 1.64. The molecule has 1 saturated heterocycles. The van der Waals surface area contributed by atoms with E-state index in [4.69, 9.17) is 15.8 Å². The Morgan fingerprint density at radius 1 is 1.41 bits per heavy atom. The van der Waals surface area contributed by atoms with Crippen LogP contribution in [0.1, 0.15) is 47.6 Å². The number of rotatable bonds is 7. The topological polar surface area (TPSA) is 139 Å². The molecule has 0 spiro atoms. The van der Waals surface area contributed by atoms with Gasteiger partial charge in [0.05, 0.1) is 23.7 Å². The largest absolute Gasteiger partial charge is 0.355 e. The SMILES string of the molecule is CC[C@@H](c1cc2nc(N3CC[C@H](N)C3)c(C)cn2n1)N(C)C(=O)c1ncccc1NS(C)(=O)=O. The number of carbonyl (C=O) groups is 1. The van der Waals surface area contributed by atoms with Crippen LogP contribution in [0.2, 0.25) is 0 Å². The van der Waals surface area contributed by atoms with E-state index in [2.05, 4.69) is 14.6 Å². The van der Waals surface area contributed by atoms with Crippen LogP contribution in [0.25, 0.3) is 5.65 Å². The minimum atomic E-state index is -3.57. The predicted octanol–water partition coefficient (Wildman–Crippen LogP) is 1.56. The van der Waals surface area contributed by atoms with Crippen molar-refractivity contribution in [3.05, 3.63) is 47.5 Å². The fourth-order valence-electron chi connectivity index (χ4n) is 4.33. The van der Waals surface area contributed by atoms with Gasteiger partial charge in [0, 0.05) is 50.2 Å². The van der Waals surface area contributed by atoms with Crippen molar-refractivity contribution in [3.63, 3.8) is 0 Å². The maximum atomic E-state index is 13.3. The molecule has 0 aliphatic carbocycles. The van der Waals surface area contributed by atoms with Crippen LogP contribution < -0.4 is 15.4 Å². The monoisotopic (exact) mass is 486 g/mol. The molecular formula is C22H30N8O3S. The van der Waals surface area contributed by atoms with Crippen molar-refractivity contribution in [1.29, 1.82) is 0 Å². The summed E-state index contributed by atoms with van der Waals surface area (Å²) in [6.07, 6.45) is 5.96.